The summed E-state index contributed by atoms with van der Waals surface area (Å²) in [5.74, 6) is -0.433. The maximum absolute atomic E-state index is 13.6. The molecule has 0 amide bonds. The summed E-state index contributed by atoms with van der Waals surface area (Å²) in [6.07, 6.45) is 6.18. The van der Waals surface area contributed by atoms with Crippen LogP contribution in [0, 0.1) is 11.7 Å². The first-order valence-corrected chi connectivity index (χ1v) is 11.6. The average molecular weight is 440 g/mol. The fourth-order valence-electron chi connectivity index (χ4n) is 4.40. The maximum Gasteiger partial charge on any atom is 0.243 e. The van der Waals surface area contributed by atoms with Gasteiger partial charge >= 0.3 is 0 Å². The van der Waals surface area contributed by atoms with Crippen molar-refractivity contribution in [2.24, 2.45) is 5.92 Å². The van der Waals surface area contributed by atoms with Crippen molar-refractivity contribution in [2.45, 2.75) is 30.8 Å². The Hall–Kier alpha value is -3.04. The molecule has 0 aliphatic carbocycles. The van der Waals surface area contributed by atoms with Gasteiger partial charge in [0.25, 0.3) is 0 Å². The Morgan fingerprint density at radius 3 is 2.81 bits per heavy atom. The summed E-state index contributed by atoms with van der Waals surface area (Å²) >= 11 is 0. The van der Waals surface area contributed by atoms with Crippen molar-refractivity contribution in [1.29, 1.82) is 0 Å². The standard InChI is InChI=1S/C22H22FN5O2S/c1-15-7-16(14-28(15)31(29,30)21-4-2-3-20(23)9-21)13-27-22-6-5-17(8-18(22)12-26-27)19-10-24-25-11-19/h2-6,8-12,15-16H,7,13-14H2,1H3,(H,24,25)/t15-,16-/m0/s1. The summed E-state index contributed by atoms with van der Waals surface area (Å²) in [5.41, 5.74) is 3.08. The number of hydrogen-bond acceptors (Lipinski definition) is 4. The summed E-state index contributed by atoms with van der Waals surface area (Å²) in [6, 6.07) is 11.2. The summed E-state index contributed by atoms with van der Waals surface area (Å²) in [6.45, 7) is 2.90. The van der Waals surface area contributed by atoms with E-state index in [4.69, 9.17) is 0 Å². The molecule has 5 rings (SSSR count). The van der Waals surface area contributed by atoms with Crippen molar-refractivity contribution < 1.29 is 12.8 Å². The molecular weight excluding hydrogens is 417 g/mol. The van der Waals surface area contributed by atoms with E-state index in [1.807, 2.05) is 36.1 Å². The number of nitrogens with zero attached hydrogens (tertiary/aromatic N) is 4. The number of sulfonamides is 1. The van der Waals surface area contributed by atoms with Crippen LogP contribution in [-0.4, -0.2) is 45.3 Å². The van der Waals surface area contributed by atoms with Crippen molar-refractivity contribution in [3.63, 3.8) is 0 Å². The highest BCUT2D eigenvalue weighted by atomic mass is 32.2. The maximum atomic E-state index is 13.6. The molecule has 1 saturated heterocycles. The van der Waals surface area contributed by atoms with Gasteiger partial charge in [0.1, 0.15) is 5.82 Å². The van der Waals surface area contributed by atoms with Crippen LogP contribution in [0.3, 0.4) is 0 Å². The second-order valence-corrected chi connectivity index (χ2v) is 9.96. The molecule has 2 aromatic carbocycles. The lowest BCUT2D eigenvalue weighted by atomic mass is 10.1. The number of halogens is 1. The molecule has 2 atom stereocenters. The van der Waals surface area contributed by atoms with Gasteiger partial charge in [-0.1, -0.05) is 12.1 Å². The van der Waals surface area contributed by atoms with Crippen molar-refractivity contribution in [1.82, 2.24) is 24.3 Å². The summed E-state index contributed by atoms with van der Waals surface area (Å²) in [7, 11) is -3.74. The van der Waals surface area contributed by atoms with Crippen LogP contribution in [-0.2, 0) is 16.6 Å². The van der Waals surface area contributed by atoms with Crippen LogP contribution in [0.1, 0.15) is 13.3 Å². The molecule has 3 heterocycles. The largest absolute Gasteiger partial charge is 0.285 e. The molecule has 2 aromatic heterocycles. The van der Waals surface area contributed by atoms with Crippen LogP contribution in [0.5, 0.6) is 0 Å². The molecule has 1 N–H and O–H groups in total. The summed E-state index contributed by atoms with van der Waals surface area (Å²) in [5, 5.41) is 12.4. The molecule has 7 nitrogen and oxygen atoms in total. The minimum Gasteiger partial charge on any atom is -0.285 e. The first-order chi connectivity index (χ1) is 14.9. The Bertz CT molecular complexity index is 1330. The number of fused-ring (bicyclic) bond motifs is 1. The van der Waals surface area contributed by atoms with Gasteiger partial charge in [-0.05, 0) is 55.2 Å². The molecule has 0 spiro atoms. The second-order valence-electron chi connectivity index (χ2n) is 8.07. The highest BCUT2D eigenvalue weighted by molar-refractivity contribution is 7.89. The molecule has 0 radical (unpaired) electrons. The number of aromatic amines is 1. The third-order valence-corrected chi connectivity index (χ3v) is 7.89. The zero-order valence-corrected chi connectivity index (χ0v) is 17.8. The van der Waals surface area contributed by atoms with Crippen molar-refractivity contribution in [3.8, 4) is 11.1 Å². The van der Waals surface area contributed by atoms with Crippen LogP contribution in [0.2, 0.25) is 0 Å². The lowest BCUT2D eigenvalue weighted by Crippen LogP contribution is -2.34. The summed E-state index contributed by atoms with van der Waals surface area (Å²) < 4.78 is 43.1. The van der Waals surface area contributed by atoms with Gasteiger partial charge in [-0.15, -0.1) is 0 Å². The molecule has 0 unspecified atom stereocenters. The minimum atomic E-state index is -3.74. The number of H-pyrrole nitrogens is 1. The van der Waals surface area contributed by atoms with Gasteiger partial charge in [0, 0.05) is 36.3 Å². The van der Waals surface area contributed by atoms with Crippen LogP contribution >= 0.6 is 0 Å². The number of aromatic nitrogens is 4. The predicted molar refractivity (Wildman–Crippen MR) is 115 cm³/mol. The smallest absolute Gasteiger partial charge is 0.243 e. The van der Waals surface area contributed by atoms with E-state index < -0.39 is 15.8 Å². The monoisotopic (exact) mass is 439 g/mol. The summed E-state index contributed by atoms with van der Waals surface area (Å²) in [4.78, 5) is -0.00341. The third-order valence-electron chi connectivity index (χ3n) is 5.91. The Morgan fingerprint density at radius 1 is 1.16 bits per heavy atom. The zero-order valence-electron chi connectivity index (χ0n) is 16.9. The quantitative estimate of drug-likeness (QED) is 0.514. The minimum absolute atomic E-state index is 0.00341. The molecule has 0 bridgehead atoms. The molecule has 0 saturated carbocycles. The molecule has 9 heteroatoms. The highest BCUT2D eigenvalue weighted by Gasteiger charge is 2.38. The number of hydrogen-bond donors (Lipinski definition) is 1. The molecule has 1 aliphatic heterocycles. The topological polar surface area (TPSA) is 83.9 Å². The molecule has 1 fully saturated rings. The third kappa shape index (κ3) is 3.64. The Morgan fingerprint density at radius 2 is 2.03 bits per heavy atom. The van der Waals surface area contributed by atoms with Gasteiger partial charge in [0.05, 0.1) is 22.8 Å². The Labute approximate surface area is 179 Å². The number of nitrogens with one attached hydrogen (secondary N) is 1. The van der Waals surface area contributed by atoms with Crippen LogP contribution < -0.4 is 0 Å². The first kappa shape index (κ1) is 19.9. The van der Waals surface area contributed by atoms with Gasteiger partial charge in [0.2, 0.25) is 10.0 Å². The van der Waals surface area contributed by atoms with Crippen molar-refractivity contribution >= 4 is 20.9 Å². The SMILES string of the molecule is C[C@H]1C[C@@H](Cn2ncc3cc(-c4cn[nH]c4)ccc32)CN1S(=O)(=O)c1cccc(F)c1. The first-order valence-electron chi connectivity index (χ1n) is 10.1. The van der Waals surface area contributed by atoms with E-state index in [0.29, 0.717) is 13.1 Å². The second kappa shape index (κ2) is 7.58. The van der Waals surface area contributed by atoms with E-state index >= 15 is 0 Å². The van der Waals surface area contributed by atoms with Gasteiger partial charge in [-0.2, -0.15) is 14.5 Å². The lowest BCUT2D eigenvalue weighted by Gasteiger charge is -2.21. The van der Waals surface area contributed by atoms with E-state index in [2.05, 4.69) is 21.4 Å². The molecule has 1 aliphatic rings. The average Bonchev–Trinajstić information content (AvgIpc) is 3.49. The van der Waals surface area contributed by atoms with Crippen molar-refractivity contribution in [3.05, 3.63) is 66.9 Å². The van der Waals surface area contributed by atoms with Gasteiger partial charge in [-0.3, -0.25) is 9.78 Å². The van der Waals surface area contributed by atoms with Crippen LogP contribution in [0.25, 0.3) is 22.0 Å². The highest BCUT2D eigenvalue weighted by Crippen LogP contribution is 2.31. The van der Waals surface area contributed by atoms with Crippen LogP contribution in [0.15, 0.2) is 66.0 Å². The molecular formula is C22H22FN5O2S. The van der Waals surface area contributed by atoms with E-state index in [9.17, 15) is 12.8 Å². The normalized spacial score (nSPS) is 19.9. The van der Waals surface area contributed by atoms with Crippen molar-refractivity contribution in [2.75, 3.05) is 6.54 Å². The molecule has 31 heavy (non-hydrogen) atoms. The van der Waals surface area contributed by atoms with E-state index in [1.54, 1.807) is 6.20 Å². The van der Waals surface area contributed by atoms with E-state index in [0.717, 1.165) is 34.5 Å². The molecule has 160 valence electrons. The van der Waals surface area contributed by atoms with Gasteiger partial charge in [-0.25, -0.2) is 12.8 Å². The fourth-order valence-corrected chi connectivity index (χ4v) is 6.15. The fraction of sp³-hybridized carbons (Fsp3) is 0.273. The predicted octanol–water partition coefficient (Wildman–Crippen LogP) is 3.66. The number of rotatable bonds is 5. The molecule has 4 aromatic rings. The lowest BCUT2D eigenvalue weighted by molar-refractivity contribution is 0.396. The Kier molecular flexibility index (Phi) is 4.86. The van der Waals surface area contributed by atoms with Gasteiger partial charge < -0.3 is 0 Å². The van der Waals surface area contributed by atoms with E-state index in [-0.39, 0.29) is 16.9 Å². The van der Waals surface area contributed by atoms with Gasteiger partial charge in [0.15, 0.2) is 0 Å². The van der Waals surface area contributed by atoms with E-state index in [1.165, 1.54) is 22.5 Å². The number of benzene rings is 2. The Balaban J connectivity index is 1.36. The zero-order chi connectivity index (χ0) is 21.6. The van der Waals surface area contributed by atoms with Crippen LogP contribution in [0.4, 0.5) is 4.39 Å².